The average molecular weight is 433 g/mol. The van der Waals surface area contributed by atoms with Crippen LogP contribution in [-0.4, -0.2) is 16.9 Å². The molecule has 2 aromatic carbocycles. The number of amides is 1. The van der Waals surface area contributed by atoms with Crippen LogP contribution in [0.25, 0.3) is 12.2 Å². The molecule has 0 spiro atoms. The van der Waals surface area contributed by atoms with Crippen LogP contribution in [0.15, 0.2) is 53.9 Å². The number of aromatic nitrogens is 1. The average Bonchev–Trinajstić information content (AvgIpc) is 3.15. The Bertz CT molecular complexity index is 1120. The van der Waals surface area contributed by atoms with Crippen molar-refractivity contribution in [2.24, 2.45) is 0 Å². The minimum absolute atomic E-state index is 0.118. The summed E-state index contributed by atoms with van der Waals surface area (Å²) in [6, 6.07) is 14.7. The number of hydrogen-bond donors (Lipinski definition) is 1. The fourth-order valence-corrected chi connectivity index (χ4v) is 4.23. The van der Waals surface area contributed by atoms with Gasteiger partial charge in [0.25, 0.3) is 0 Å². The van der Waals surface area contributed by atoms with Gasteiger partial charge in [0.2, 0.25) is 5.91 Å². The molecule has 1 aromatic heterocycles. The van der Waals surface area contributed by atoms with E-state index in [0.717, 1.165) is 10.6 Å². The minimum atomic E-state index is -0.410. The second-order valence-electron chi connectivity index (χ2n) is 7.62. The van der Waals surface area contributed by atoms with Crippen LogP contribution < -0.4 is 10.1 Å². The zero-order valence-corrected chi connectivity index (χ0v) is 18.2. The van der Waals surface area contributed by atoms with Gasteiger partial charge in [-0.3, -0.25) is 9.59 Å². The van der Waals surface area contributed by atoms with Gasteiger partial charge in [0.1, 0.15) is 10.8 Å². The van der Waals surface area contributed by atoms with Crippen molar-refractivity contribution in [3.8, 4) is 5.75 Å². The van der Waals surface area contributed by atoms with Crippen LogP contribution in [0.2, 0.25) is 0 Å². The standard InChI is InChI=1S/C25H24N2O3S/c1-17(28)30-23-11-3-2-7-20(23)15-24(29)26-21-10-4-6-18(14-21)12-13-25-27-22(16-31-25)19-8-5-9-19/h2-4,6-7,10-14,16,19H,5,8-9,15H2,1H3,(H,26,29)/b13-12+. The molecule has 31 heavy (non-hydrogen) atoms. The monoisotopic (exact) mass is 432 g/mol. The van der Waals surface area contributed by atoms with Crippen LogP contribution in [0.3, 0.4) is 0 Å². The first kappa shape index (κ1) is 21.0. The molecule has 1 amide bonds. The van der Waals surface area contributed by atoms with E-state index in [0.29, 0.717) is 22.9 Å². The van der Waals surface area contributed by atoms with Crippen molar-refractivity contribution >= 4 is 41.1 Å². The molecular formula is C25H24N2O3S. The Morgan fingerprint density at radius 3 is 2.77 bits per heavy atom. The predicted octanol–water partition coefficient (Wildman–Crippen LogP) is 5.69. The Morgan fingerprint density at radius 1 is 1.16 bits per heavy atom. The zero-order valence-electron chi connectivity index (χ0n) is 17.3. The van der Waals surface area contributed by atoms with E-state index in [1.165, 1.54) is 31.9 Å². The number of nitrogens with one attached hydrogen (secondary N) is 1. The number of carbonyl (C=O) groups excluding carboxylic acids is 2. The molecule has 1 fully saturated rings. The zero-order chi connectivity index (χ0) is 21.6. The van der Waals surface area contributed by atoms with E-state index in [-0.39, 0.29) is 12.3 Å². The largest absolute Gasteiger partial charge is 0.426 e. The highest BCUT2D eigenvalue weighted by Gasteiger charge is 2.21. The molecule has 0 atom stereocenters. The van der Waals surface area contributed by atoms with Crippen molar-refractivity contribution in [2.75, 3.05) is 5.32 Å². The number of rotatable bonds is 7. The van der Waals surface area contributed by atoms with Crippen LogP contribution in [-0.2, 0) is 16.0 Å². The summed E-state index contributed by atoms with van der Waals surface area (Å²) in [7, 11) is 0. The van der Waals surface area contributed by atoms with E-state index in [4.69, 9.17) is 9.72 Å². The molecule has 0 saturated heterocycles. The topological polar surface area (TPSA) is 68.3 Å². The summed E-state index contributed by atoms with van der Waals surface area (Å²) in [4.78, 5) is 28.5. The lowest BCUT2D eigenvalue weighted by Crippen LogP contribution is -2.15. The maximum atomic E-state index is 12.5. The Balaban J connectivity index is 1.39. The van der Waals surface area contributed by atoms with Gasteiger partial charge in [0, 0.05) is 29.5 Å². The maximum Gasteiger partial charge on any atom is 0.308 e. The summed E-state index contributed by atoms with van der Waals surface area (Å²) in [6.07, 6.45) is 7.95. The van der Waals surface area contributed by atoms with Crippen molar-refractivity contribution in [3.05, 3.63) is 75.7 Å². The van der Waals surface area contributed by atoms with Gasteiger partial charge in [-0.15, -0.1) is 11.3 Å². The number of hydrogen-bond acceptors (Lipinski definition) is 5. The van der Waals surface area contributed by atoms with Gasteiger partial charge in [0.05, 0.1) is 12.1 Å². The number of esters is 1. The fourth-order valence-electron chi connectivity index (χ4n) is 3.44. The van der Waals surface area contributed by atoms with Crippen LogP contribution in [0.5, 0.6) is 5.75 Å². The lowest BCUT2D eigenvalue weighted by atomic mass is 9.83. The molecule has 1 aliphatic carbocycles. The highest BCUT2D eigenvalue weighted by molar-refractivity contribution is 7.10. The SMILES string of the molecule is CC(=O)Oc1ccccc1CC(=O)Nc1cccc(/C=C/c2nc(C3CCC3)cs2)c1. The molecule has 0 unspecified atom stereocenters. The van der Waals surface area contributed by atoms with Gasteiger partial charge in [-0.1, -0.05) is 42.8 Å². The number of ether oxygens (including phenoxy) is 1. The molecule has 0 aliphatic heterocycles. The van der Waals surface area contributed by atoms with Crippen molar-refractivity contribution in [1.82, 2.24) is 4.98 Å². The van der Waals surface area contributed by atoms with Crippen molar-refractivity contribution in [2.45, 2.75) is 38.5 Å². The number of para-hydroxylation sites is 1. The molecular weight excluding hydrogens is 408 g/mol. The second-order valence-corrected chi connectivity index (χ2v) is 8.51. The lowest BCUT2D eigenvalue weighted by molar-refractivity contribution is -0.132. The van der Waals surface area contributed by atoms with Gasteiger partial charge in [-0.2, -0.15) is 0 Å². The lowest BCUT2D eigenvalue weighted by Gasteiger charge is -2.22. The third kappa shape index (κ3) is 5.67. The number of anilines is 1. The Morgan fingerprint density at radius 2 is 2.00 bits per heavy atom. The molecule has 1 saturated carbocycles. The van der Waals surface area contributed by atoms with E-state index in [1.54, 1.807) is 29.5 Å². The van der Waals surface area contributed by atoms with Gasteiger partial charge in [-0.05, 0) is 42.7 Å². The molecule has 5 nitrogen and oxygen atoms in total. The molecule has 1 aliphatic rings. The number of thiazole rings is 1. The first-order chi connectivity index (χ1) is 15.1. The molecule has 1 N–H and O–H groups in total. The predicted molar refractivity (Wildman–Crippen MR) is 124 cm³/mol. The molecule has 0 bridgehead atoms. The third-order valence-electron chi connectivity index (χ3n) is 5.23. The molecule has 158 valence electrons. The normalized spacial score (nSPS) is 13.7. The number of carbonyl (C=O) groups is 2. The van der Waals surface area contributed by atoms with Crippen molar-refractivity contribution < 1.29 is 14.3 Å². The van der Waals surface area contributed by atoms with Crippen LogP contribution in [0.4, 0.5) is 5.69 Å². The summed E-state index contributed by atoms with van der Waals surface area (Å²) in [5.41, 5.74) is 3.58. The molecule has 6 heteroatoms. The van der Waals surface area contributed by atoms with Gasteiger partial charge in [-0.25, -0.2) is 4.98 Å². The molecule has 1 heterocycles. The maximum absolute atomic E-state index is 12.5. The first-order valence-electron chi connectivity index (χ1n) is 10.4. The van der Waals surface area contributed by atoms with E-state index in [2.05, 4.69) is 10.7 Å². The fraction of sp³-hybridized carbons (Fsp3) is 0.240. The quantitative estimate of drug-likeness (QED) is 0.385. The van der Waals surface area contributed by atoms with Gasteiger partial charge in [0.15, 0.2) is 0 Å². The third-order valence-corrected chi connectivity index (χ3v) is 6.06. The smallest absolute Gasteiger partial charge is 0.308 e. The molecule has 4 rings (SSSR count). The van der Waals surface area contributed by atoms with Crippen LogP contribution in [0, 0.1) is 0 Å². The summed E-state index contributed by atoms with van der Waals surface area (Å²) < 4.78 is 5.18. The summed E-state index contributed by atoms with van der Waals surface area (Å²) >= 11 is 1.66. The Hall–Kier alpha value is -3.25. The van der Waals surface area contributed by atoms with E-state index >= 15 is 0 Å². The minimum Gasteiger partial charge on any atom is -0.426 e. The van der Waals surface area contributed by atoms with Crippen LogP contribution >= 0.6 is 11.3 Å². The molecule has 3 aromatic rings. The van der Waals surface area contributed by atoms with Gasteiger partial charge >= 0.3 is 5.97 Å². The van der Waals surface area contributed by atoms with E-state index < -0.39 is 5.97 Å². The Kier molecular flexibility index (Phi) is 6.57. The first-order valence-corrected chi connectivity index (χ1v) is 11.2. The Labute approximate surface area is 185 Å². The second kappa shape index (κ2) is 9.71. The van der Waals surface area contributed by atoms with Gasteiger partial charge < -0.3 is 10.1 Å². The molecule has 0 radical (unpaired) electrons. The summed E-state index contributed by atoms with van der Waals surface area (Å²) in [5.74, 6) is 0.465. The number of benzene rings is 2. The van der Waals surface area contributed by atoms with Crippen molar-refractivity contribution in [3.63, 3.8) is 0 Å². The number of nitrogens with zero attached hydrogens (tertiary/aromatic N) is 1. The highest BCUT2D eigenvalue weighted by Crippen LogP contribution is 2.36. The summed E-state index contributed by atoms with van der Waals surface area (Å²) in [6.45, 7) is 1.34. The van der Waals surface area contributed by atoms with Crippen molar-refractivity contribution in [1.29, 1.82) is 0 Å². The van der Waals surface area contributed by atoms with Crippen LogP contribution in [0.1, 0.15) is 53.9 Å². The highest BCUT2D eigenvalue weighted by atomic mass is 32.1. The summed E-state index contributed by atoms with van der Waals surface area (Å²) in [5, 5.41) is 6.08. The van der Waals surface area contributed by atoms with E-state index in [9.17, 15) is 9.59 Å². The van der Waals surface area contributed by atoms with E-state index in [1.807, 2.05) is 42.5 Å².